The average Bonchev–Trinajstić information content (AvgIpc) is 3.68. The number of ether oxygens (including phenoxy) is 3. The monoisotopic (exact) mass is 780 g/mol. The molecule has 0 fully saturated rings. The molecule has 5 aromatic rings. The van der Waals surface area contributed by atoms with Gasteiger partial charge in [-0.3, -0.25) is 9.59 Å². The molecule has 0 bridgehead atoms. The summed E-state index contributed by atoms with van der Waals surface area (Å²) in [5, 5.41) is 6.64. The number of carbonyl (C=O) groups excluding carboxylic acids is 2. The molecule has 3 aromatic carbocycles. The first-order valence-corrected chi connectivity index (χ1v) is 16.3. The van der Waals surface area contributed by atoms with Crippen LogP contribution in [0.2, 0.25) is 0 Å². The van der Waals surface area contributed by atoms with Gasteiger partial charge in [-0.1, -0.05) is 6.07 Å². The predicted molar refractivity (Wildman–Crippen MR) is 187 cm³/mol. The Bertz CT molecular complexity index is 1940. The highest BCUT2D eigenvalue weighted by atomic mass is 79.9. The number of hydrogen-bond acceptors (Lipinski definition) is 7. The SMILES string of the molecule is CCOc1cc(/C=N/NC(=O)c2ccc(COc3ccc(-n4c(C)ccc4C)cc3)o2)c(Br)c(Br)c1OCC(=O)Nc1cccc(F)c1. The van der Waals surface area contributed by atoms with E-state index in [0.29, 0.717) is 44.1 Å². The number of nitrogens with zero attached hydrogens (tertiary/aromatic N) is 2. The fourth-order valence-corrected chi connectivity index (χ4v) is 5.65. The third-order valence-electron chi connectivity index (χ3n) is 6.91. The second-order valence-corrected chi connectivity index (χ2v) is 12.0. The van der Waals surface area contributed by atoms with Crippen molar-refractivity contribution >= 4 is 55.6 Å². The molecule has 0 aliphatic heterocycles. The lowest BCUT2D eigenvalue weighted by Crippen LogP contribution is -2.20. The molecular formula is C35H31Br2FN4O6. The van der Waals surface area contributed by atoms with Crippen molar-refractivity contribution in [3.63, 3.8) is 0 Å². The first-order chi connectivity index (χ1) is 23.1. The number of nitrogens with one attached hydrogen (secondary N) is 2. The van der Waals surface area contributed by atoms with Crippen LogP contribution in [0.3, 0.4) is 0 Å². The lowest BCUT2D eigenvalue weighted by atomic mass is 10.2. The fraction of sp³-hybridized carbons (Fsp3) is 0.171. The Hall–Kier alpha value is -4.88. The molecule has 2 amide bonds. The van der Waals surface area contributed by atoms with Crippen LogP contribution in [0.1, 0.15) is 40.2 Å². The Morgan fingerprint density at radius 2 is 1.69 bits per heavy atom. The number of aromatic nitrogens is 1. The van der Waals surface area contributed by atoms with Crippen LogP contribution in [0, 0.1) is 19.7 Å². The Morgan fingerprint density at radius 1 is 0.938 bits per heavy atom. The van der Waals surface area contributed by atoms with Crippen molar-refractivity contribution in [2.75, 3.05) is 18.5 Å². The number of benzene rings is 3. The molecule has 10 nitrogen and oxygen atoms in total. The summed E-state index contributed by atoms with van der Waals surface area (Å²) in [6, 6.07) is 22.3. The van der Waals surface area contributed by atoms with Gasteiger partial charge < -0.3 is 28.5 Å². The predicted octanol–water partition coefficient (Wildman–Crippen LogP) is 8.11. The maximum atomic E-state index is 13.4. The summed E-state index contributed by atoms with van der Waals surface area (Å²) >= 11 is 6.97. The highest BCUT2D eigenvalue weighted by molar-refractivity contribution is 9.13. The van der Waals surface area contributed by atoms with Gasteiger partial charge in [0.2, 0.25) is 0 Å². The van der Waals surface area contributed by atoms with Gasteiger partial charge in [0.25, 0.3) is 5.91 Å². The second-order valence-electron chi connectivity index (χ2n) is 10.4. The summed E-state index contributed by atoms with van der Waals surface area (Å²) in [6.45, 7) is 6.01. The number of hydrogen-bond donors (Lipinski definition) is 2. The van der Waals surface area contributed by atoms with Gasteiger partial charge >= 0.3 is 5.91 Å². The van der Waals surface area contributed by atoms with Crippen LogP contribution in [0.25, 0.3) is 5.69 Å². The minimum Gasteiger partial charge on any atom is -0.490 e. The lowest BCUT2D eigenvalue weighted by molar-refractivity contribution is -0.118. The number of furan rings is 1. The quantitative estimate of drug-likeness (QED) is 0.0922. The number of rotatable bonds is 13. The van der Waals surface area contributed by atoms with E-state index in [1.807, 2.05) is 24.3 Å². The molecule has 2 aromatic heterocycles. The van der Waals surface area contributed by atoms with Crippen LogP contribution >= 0.6 is 31.9 Å². The van der Waals surface area contributed by atoms with Crippen LogP contribution in [0.5, 0.6) is 17.2 Å². The normalized spacial score (nSPS) is 11.0. The zero-order chi connectivity index (χ0) is 34.2. The molecule has 2 N–H and O–H groups in total. The van der Waals surface area contributed by atoms with Crippen molar-refractivity contribution in [1.82, 2.24) is 9.99 Å². The summed E-state index contributed by atoms with van der Waals surface area (Å²) in [4.78, 5) is 25.1. The summed E-state index contributed by atoms with van der Waals surface area (Å²) in [7, 11) is 0. The van der Waals surface area contributed by atoms with Crippen molar-refractivity contribution in [2.24, 2.45) is 5.10 Å². The summed E-state index contributed by atoms with van der Waals surface area (Å²) in [5.41, 5.74) is 6.64. The Kier molecular flexibility index (Phi) is 11.3. The van der Waals surface area contributed by atoms with Crippen LogP contribution in [0.15, 0.2) is 97.3 Å². The van der Waals surface area contributed by atoms with E-state index in [1.54, 1.807) is 31.2 Å². The molecule has 0 spiro atoms. The zero-order valence-corrected chi connectivity index (χ0v) is 29.4. The largest absolute Gasteiger partial charge is 0.490 e. The van der Waals surface area contributed by atoms with Crippen LogP contribution in [-0.2, 0) is 11.4 Å². The molecule has 0 saturated carbocycles. The minimum atomic E-state index is -0.552. The number of hydrazone groups is 1. The van der Waals surface area contributed by atoms with Gasteiger partial charge in [0.1, 0.15) is 23.9 Å². The molecule has 248 valence electrons. The number of amides is 2. The van der Waals surface area contributed by atoms with E-state index in [9.17, 15) is 14.0 Å². The van der Waals surface area contributed by atoms with Gasteiger partial charge in [0, 0.05) is 32.8 Å². The lowest BCUT2D eigenvalue weighted by Gasteiger charge is -2.16. The molecule has 13 heteroatoms. The Balaban J connectivity index is 1.17. The van der Waals surface area contributed by atoms with Crippen LogP contribution in [-0.4, -0.2) is 35.8 Å². The van der Waals surface area contributed by atoms with E-state index in [2.05, 4.69) is 78.3 Å². The second kappa shape index (κ2) is 15.8. The standard InChI is InChI=1S/C35H31Br2FN4O6/c1-4-45-30-16-23(32(36)33(37)34(30)47-20-31(43)40-25-7-5-6-24(38)17-25)18-39-41-35(44)29-15-14-28(48-29)19-46-27-12-10-26(11-13-27)42-21(2)8-9-22(42)3/h5-18H,4,19-20H2,1-3H3,(H,40,43)(H,41,44)/b39-18+. The maximum Gasteiger partial charge on any atom is 0.307 e. The maximum absolute atomic E-state index is 13.4. The summed E-state index contributed by atoms with van der Waals surface area (Å²) in [5.74, 6) is 0.297. The highest BCUT2D eigenvalue weighted by Gasteiger charge is 2.19. The Morgan fingerprint density at radius 3 is 2.40 bits per heavy atom. The smallest absolute Gasteiger partial charge is 0.307 e. The summed E-state index contributed by atoms with van der Waals surface area (Å²) in [6.07, 6.45) is 1.42. The molecule has 0 unspecified atom stereocenters. The third kappa shape index (κ3) is 8.52. The van der Waals surface area contributed by atoms with Crippen LogP contribution in [0.4, 0.5) is 10.1 Å². The van der Waals surface area contributed by atoms with Crippen molar-refractivity contribution in [3.8, 4) is 22.9 Å². The van der Waals surface area contributed by atoms with E-state index in [1.165, 1.54) is 24.4 Å². The first-order valence-electron chi connectivity index (χ1n) is 14.8. The van der Waals surface area contributed by atoms with E-state index in [-0.39, 0.29) is 24.7 Å². The van der Waals surface area contributed by atoms with E-state index in [4.69, 9.17) is 18.6 Å². The molecule has 0 aliphatic rings. The van der Waals surface area contributed by atoms with Gasteiger partial charge in [-0.2, -0.15) is 5.10 Å². The van der Waals surface area contributed by atoms with Gasteiger partial charge in [-0.25, -0.2) is 9.82 Å². The van der Waals surface area contributed by atoms with E-state index in [0.717, 1.165) is 17.1 Å². The molecule has 0 atom stereocenters. The van der Waals surface area contributed by atoms with Gasteiger partial charge in [0.15, 0.2) is 23.9 Å². The molecular weight excluding hydrogens is 751 g/mol. The molecule has 48 heavy (non-hydrogen) atoms. The third-order valence-corrected chi connectivity index (χ3v) is 9.06. The summed E-state index contributed by atoms with van der Waals surface area (Å²) < 4.78 is 39.6. The van der Waals surface area contributed by atoms with Gasteiger partial charge in [-0.05, 0) is 125 Å². The Labute approximate surface area is 293 Å². The molecule has 5 rings (SSSR count). The van der Waals surface area contributed by atoms with Crippen molar-refractivity contribution < 1.29 is 32.6 Å². The topological polar surface area (TPSA) is 116 Å². The fourth-order valence-electron chi connectivity index (χ4n) is 4.71. The van der Waals surface area contributed by atoms with Gasteiger partial charge in [0.05, 0.1) is 17.3 Å². The molecule has 2 heterocycles. The van der Waals surface area contributed by atoms with Gasteiger partial charge in [-0.15, -0.1) is 0 Å². The number of halogens is 3. The average molecular weight is 782 g/mol. The van der Waals surface area contributed by atoms with Crippen molar-refractivity contribution in [1.29, 1.82) is 0 Å². The minimum absolute atomic E-state index is 0.0650. The van der Waals surface area contributed by atoms with Crippen LogP contribution < -0.4 is 25.0 Å². The molecule has 0 aliphatic carbocycles. The molecule has 0 saturated heterocycles. The van der Waals surface area contributed by atoms with Crippen molar-refractivity contribution in [2.45, 2.75) is 27.4 Å². The van der Waals surface area contributed by atoms with Crippen molar-refractivity contribution in [3.05, 3.63) is 122 Å². The van der Waals surface area contributed by atoms with E-state index < -0.39 is 17.6 Å². The number of anilines is 1. The zero-order valence-electron chi connectivity index (χ0n) is 26.2. The highest BCUT2D eigenvalue weighted by Crippen LogP contribution is 2.42. The first kappa shape index (κ1) is 34.5. The number of aryl methyl sites for hydroxylation is 2. The number of carbonyl (C=O) groups is 2. The molecule has 0 radical (unpaired) electrons. The van der Waals surface area contributed by atoms with E-state index >= 15 is 0 Å².